The number of hydrogen-bond acceptors (Lipinski definition) is 5. The predicted molar refractivity (Wildman–Crippen MR) is 82.6 cm³/mol. The normalized spacial score (nSPS) is 12.5. The van der Waals surface area contributed by atoms with E-state index in [1.807, 2.05) is 6.07 Å². The van der Waals surface area contributed by atoms with Gasteiger partial charge in [0.1, 0.15) is 12.4 Å². The predicted octanol–water partition coefficient (Wildman–Crippen LogP) is 3.50. The maximum atomic E-state index is 12.4. The van der Waals surface area contributed by atoms with E-state index in [1.165, 1.54) is 6.07 Å². The molecular weight excluding hydrogens is 341 g/mol. The fourth-order valence-electron chi connectivity index (χ4n) is 1.68. The second kappa shape index (κ2) is 8.04. The number of rotatable bonds is 6. The quantitative estimate of drug-likeness (QED) is 0.804. The number of nitriles is 1. The summed E-state index contributed by atoms with van der Waals surface area (Å²) >= 11 is 1.14. The largest absolute Gasteiger partial charge is 0.491 e. The lowest BCUT2D eigenvalue weighted by atomic mass is 10.2. The Hall–Kier alpha value is -2.24. The number of aliphatic hydroxyl groups is 1. The summed E-state index contributed by atoms with van der Waals surface area (Å²) in [6.45, 7) is 0.0273. The Bertz CT molecular complexity index is 697. The first-order valence-electron chi connectivity index (χ1n) is 6.85. The highest BCUT2D eigenvalue weighted by Gasteiger charge is 2.30. The lowest BCUT2D eigenvalue weighted by Gasteiger charge is -2.12. The third-order valence-electron chi connectivity index (χ3n) is 2.91. The first-order valence-corrected chi connectivity index (χ1v) is 7.84. The molecule has 2 rings (SSSR count). The molecule has 0 saturated carbocycles. The van der Waals surface area contributed by atoms with Crippen LogP contribution in [0, 0.1) is 11.3 Å². The summed E-state index contributed by atoms with van der Waals surface area (Å²) in [5.74, 6) is 0.750. The smallest absolute Gasteiger partial charge is 0.417 e. The van der Waals surface area contributed by atoms with Gasteiger partial charge in [-0.05, 0) is 36.4 Å². The lowest BCUT2D eigenvalue weighted by molar-refractivity contribution is -0.137. The van der Waals surface area contributed by atoms with Crippen molar-refractivity contribution in [2.45, 2.75) is 17.3 Å². The van der Waals surface area contributed by atoms with E-state index in [-0.39, 0.29) is 12.4 Å². The molecule has 1 unspecified atom stereocenters. The zero-order valence-electron chi connectivity index (χ0n) is 12.3. The molecule has 0 radical (unpaired) electrons. The van der Waals surface area contributed by atoms with E-state index in [4.69, 9.17) is 10.00 Å². The van der Waals surface area contributed by atoms with E-state index in [0.29, 0.717) is 16.3 Å². The highest BCUT2D eigenvalue weighted by Crippen LogP contribution is 2.29. The first-order chi connectivity index (χ1) is 11.4. The Morgan fingerprint density at radius 1 is 1.21 bits per heavy atom. The Balaban J connectivity index is 1.78. The topological polar surface area (TPSA) is 66.1 Å². The first kappa shape index (κ1) is 18.1. The molecular formula is C16H13F3N2O2S. The van der Waals surface area contributed by atoms with Crippen LogP contribution in [0.5, 0.6) is 5.75 Å². The number of aliphatic hydroxyl groups excluding tert-OH is 1. The maximum Gasteiger partial charge on any atom is 0.417 e. The van der Waals surface area contributed by atoms with Crippen molar-refractivity contribution >= 4 is 11.8 Å². The van der Waals surface area contributed by atoms with Crippen LogP contribution < -0.4 is 4.74 Å². The van der Waals surface area contributed by atoms with Gasteiger partial charge in [-0.1, -0.05) is 0 Å². The van der Waals surface area contributed by atoms with Gasteiger partial charge < -0.3 is 9.84 Å². The molecule has 0 saturated heterocycles. The van der Waals surface area contributed by atoms with Crippen LogP contribution in [0.3, 0.4) is 0 Å². The zero-order chi connectivity index (χ0) is 17.6. The van der Waals surface area contributed by atoms with Crippen LogP contribution >= 0.6 is 11.8 Å². The molecule has 0 aliphatic carbocycles. The van der Waals surface area contributed by atoms with Crippen molar-refractivity contribution in [1.82, 2.24) is 4.98 Å². The number of nitrogens with zero attached hydrogens (tertiary/aromatic N) is 2. The number of pyridine rings is 1. The van der Waals surface area contributed by atoms with Gasteiger partial charge in [-0.2, -0.15) is 18.4 Å². The molecule has 4 nitrogen and oxygen atoms in total. The molecule has 24 heavy (non-hydrogen) atoms. The summed E-state index contributed by atoms with van der Waals surface area (Å²) in [5, 5.41) is 18.9. The number of thioether (sulfide) groups is 1. The molecule has 1 heterocycles. The number of ether oxygens (including phenoxy) is 1. The Morgan fingerprint density at radius 2 is 1.92 bits per heavy atom. The monoisotopic (exact) mass is 354 g/mol. The van der Waals surface area contributed by atoms with Crippen molar-refractivity contribution in [3.8, 4) is 11.8 Å². The van der Waals surface area contributed by atoms with Gasteiger partial charge in [0.15, 0.2) is 0 Å². The third kappa shape index (κ3) is 5.44. The summed E-state index contributed by atoms with van der Waals surface area (Å²) in [4.78, 5) is 3.71. The standard InChI is InChI=1S/C16H13F3N2O2S/c17-16(18,19)12-3-6-15(21-8-12)24-10-13(22)9-23-14-4-1-11(7-20)2-5-14/h1-6,8,13,22H,9-10H2. The van der Waals surface area contributed by atoms with Gasteiger partial charge in [-0.15, -0.1) is 11.8 Å². The number of aromatic nitrogens is 1. The fourth-order valence-corrected chi connectivity index (χ4v) is 2.43. The van der Waals surface area contributed by atoms with E-state index in [2.05, 4.69) is 4.98 Å². The van der Waals surface area contributed by atoms with E-state index < -0.39 is 17.8 Å². The molecule has 0 spiro atoms. The van der Waals surface area contributed by atoms with E-state index >= 15 is 0 Å². The molecule has 8 heteroatoms. The van der Waals surface area contributed by atoms with Crippen LogP contribution in [-0.2, 0) is 6.18 Å². The van der Waals surface area contributed by atoms with Crippen molar-refractivity contribution in [3.63, 3.8) is 0 Å². The molecule has 0 amide bonds. The molecule has 2 aromatic rings. The van der Waals surface area contributed by atoms with Gasteiger partial charge in [0.05, 0.1) is 28.3 Å². The van der Waals surface area contributed by atoms with Crippen molar-refractivity contribution in [2.24, 2.45) is 0 Å². The zero-order valence-corrected chi connectivity index (χ0v) is 13.1. The molecule has 0 aliphatic rings. The number of benzene rings is 1. The average molecular weight is 354 g/mol. The molecule has 1 aromatic heterocycles. The lowest BCUT2D eigenvalue weighted by Crippen LogP contribution is -2.20. The van der Waals surface area contributed by atoms with Gasteiger partial charge in [0.25, 0.3) is 0 Å². The summed E-state index contributed by atoms with van der Waals surface area (Å²) < 4.78 is 42.6. The minimum absolute atomic E-state index is 0.0273. The molecule has 1 aromatic carbocycles. The highest BCUT2D eigenvalue weighted by molar-refractivity contribution is 7.99. The second-order valence-corrected chi connectivity index (χ2v) is 5.84. The van der Waals surface area contributed by atoms with Crippen LogP contribution in [-0.4, -0.2) is 28.6 Å². The van der Waals surface area contributed by atoms with Gasteiger partial charge in [0.2, 0.25) is 0 Å². The Morgan fingerprint density at radius 3 is 2.46 bits per heavy atom. The number of halogens is 3. The van der Waals surface area contributed by atoms with Crippen molar-refractivity contribution in [2.75, 3.05) is 12.4 Å². The van der Waals surface area contributed by atoms with Gasteiger partial charge in [-0.3, -0.25) is 0 Å². The van der Waals surface area contributed by atoms with Gasteiger partial charge in [-0.25, -0.2) is 4.98 Å². The molecule has 0 aliphatic heterocycles. The maximum absolute atomic E-state index is 12.4. The summed E-state index contributed by atoms with van der Waals surface area (Å²) in [5.41, 5.74) is -0.302. The molecule has 0 bridgehead atoms. The van der Waals surface area contributed by atoms with Crippen molar-refractivity contribution < 1.29 is 23.0 Å². The summed E-state index contributed by atoms with van der Waals surface area (Å²) in [7, 11) is 0. The highest BCUT2D eigenvalue weighted by atomic mass is 32.2. The SMILES string of the molecule is N#Cc1ccc(OCC(O)CSc2ccc(C(F)(F)F)cn2)cc1. The van der Waals surface area contributed by atoms with E-state index in [1.54, 1.807) is 24.3 Å². The summed E-state index contributed by atoms with van der Waals surface area (Å²) in [6, 6.07) is 10.6. The minimum atomic E-state index is -4.41. The third-order valence-corrected chi connectivity index (χ3v) is 4.00. The average Bonchev–Trinajstić information content (AvgIpc) is 2.58. The fraction of sp³-hybridized carbons (Fsp3) is 0.250. The van der Waals surface area contributed by atoms with Gasteiger partial charge in [0, 0.05) is 11.9 Å². The molecule has 1 atom stereocenters. The van der Waals surface area contributed by atoms with Crippen LogP contribution in [0.1, 0.15) is 11.1 Å². The summed E-state index contributed by atoms with van der Waals surface area (Å²) in [6.07, 6.45) is -4.46. The molecule has 0 fully saturated rings. The van der Waals surface area contributed by atoms with Crippen LogP contribution in [0.15, 0.2) is 47.6 Å². The van der Waals surface area contributed by atoms with Crippen LogP contribution in [0.25, 0.3) is 0 Å². The second-order valence-electron chi connectivity index (χ2n) is 4.79. The van der Waals surface area contributed by atoms with Crippen LogP contribution in [0.2, 0.25) is 0 Å². The molecule has 126 valence electrons. The van der Waals surface area contributed by atoms with Crippen molar-refractivity contribution in [1.29, 1.82) is 5.26 Å². The van der Waals surface area contributed by atoms with E-state index in [9.17, 15) is 18.3 Å². The minimum Gasteiger partial charge on any atom is -0.491 e. The molecule has 1 N–H and O–H groups in total. The van der Waals surface area contributed by atoms with Crippen LogP contribution in [0.4, 0.5) is 13.2 Å². The van der Waals surface area contributed by atoms with Crippen molar-refractivity contribution in [3.05, 3.63) is 53.7 Å². The Labute approximate surface area is 140 Å². The Kier molecular flexibility index (Phi) is 6.06. The van der Waals surface area contributed by atoms with E-state index in [0.717, 1.165) is 24.0 Å². The number of alkyl halides is 3. The number of hydrogen-bond donors (Lipinski definition) is 1. The van der Waals surface area contributed by atoms with Gasteiger partial charge >= 0.3 is 6.18 Å².